The highest BCUT2D eigenvalue weighted by Gasteiger charge is 2.16. The molecule has 1 aromatic heterocycles. The van der Waals surface area contributed by atoms with E-state index in [1.807, 2.05) is 0 Å². The Labute approximate surface area is 120 Å². The first-order chi connectivity index (χ1) is 9.61. The van der Waals surface area contributed by atoms with E-state index in [1.165, 1.54) is 24.1 Å². The average molecular weight is 295 g/mol. The fourth-order valence-electron chi connectivity index (χ4n) is 1.62. The third-order valence-electron chi connectivity index (χ3n) is 2.56. The molecule has 106 valence electrons. The number of hydrogen-bond acceptors (Lipinski definition) is 5. The largest absolute Gasteiger partial charge is 0.468 e. The number of anilines is 1. The van der Waals surface area contributed by atoms with Gasteiger partial charge in [-0.3, -0.25) is 0 Å². The lowest BCUT2D eigenvalue weighted by atomic mass is 10.3. The molecule has 0 aliphatic carbocycles. The quantitative estimate of drug-likeness (QED) is 0.520. The molecule has 0 spiro atoms. The maximum atomic E-state index is 13.6. The van der Waals surface area contributed by atoms with E-state index in [4.69, 9.17) is 14.9 Å². The van der Waals surface area contributed by atoms with Gasteiger partial charge in [-0.05, 0) is 31.2 Å². The number of esters is 1. The average Bonchev–Trinajstić information content (AvgIpc) is 2.86. The van der Waals surface area contributed by atoms with Crippen LogP contribution in [0.25, 0.3) is 0 Å². The molecule has 4 nitrogen and oxygen atoms in total. The molecular formula is C14H14FNO3S. The maximum absolute atomic E-state index is 13.6. The van der Waals surface area contributed by atoms with Crippen LogP contribution in [0.5, 0.6) is 0 Å². The van der Waals surface area contributed by atoms with Crippen LogP contribution in [-0.4, -0.2) is 12.6 Å². The SMILES string of the molecule is CCOC(=O)c1ccoc1CSc1ccc(N)cc1F. The van der Waals surface area contributed by atoms with Crippen molar-refractivity contribution < 1.29 is 18.3 Å². The molecule has 0 bridgehead atoms. The van der Waals surface area contributed by atoms with Crippen LogP contribution in [-0.2, 0) is 10.5 Å². The van der Waals surface area contributed by atoms with Crippen LogP contribution in [0.2, 0.25) is 0 Å². The zero-order chi connectivity index (χ0) is 14.5. The highest BCUT2D eigenvalue weighted by atomic mass is 32.2. The van der Waals surface area contributed by atoms with Gasteiger partial charge in [0, 0.05) is 10.6 Å². The summed E-state index contributed by atoms with van der Waals surface area (Å²) in [5, 5.41) is 0. The lowest BCUT2D eigenvalue weighted by Crippen LogP contribution is -2.05. The van der Waals surface area contributed by atoms with Crippen molar-refractivity contribution in [3.63, 3.8) is 0 Å². The molecule has 1 aromatic carbocycles. The normalized spacial score (nSPS) is 10.5. The summed E-state index contributed by atoms with van der Waals surface area (Å²) in [6.45, 7) is 2.03. The molecule has 0 aliphatic rings. The number of carbonyl (C=O) groups is 1. The maximum Gasteiger partial charge on any atom is 0.341 e. The lowest BCUT2D eigenvalue weighted by Gasteiger charge is -2.04. The van der Waals surface area contributed by atoms with Crippen molar-refractivity contribution in [1.82, 2.24) is 0 Å². The second kappa shape index (κ2) is 6.47. The first-order valence-electron chi connectivity index (χ1n) is 6.03. The van der Waals surface area contributed by atoms with E-state index in [-0.39, 0.29) is 5.82 Å². The Hall–Kier alpha value is -1.95. The third kappa shape index (κ3) is 3.33. The first-order valence-corrected chi connectivity index (χ1v) is 7.01. The molecule has 2 rings (SSSR count). The number of thioether (sulfide) groups is 1. The molecular weight excluding hydrogens is 281 g/mol. The minimum atomic E-state index is -0.436. The molecule has 0 radical (unpaired) electrons. The van der Waals surface area contributed by atoms with Crippen LogP contribution in [0.3, 0.4) is 0 Å². The number of rotatable bonds is 5. The standard InChI is InChI=1S/C14H14FNO3S/c1-2-18-14(17)10-5-6-19-12(10)8-20-13-4-3-9(16)7-11(13)15/h3-7H,2,8,16H2,1H3. The van der Waals surface area contributed by atoms with Crippen molar-refractivity contribution in [3.05, 3.63) is 47.7 Å². The number of benzene rings is 1. The van der Waals surface area contributed by atoms with E-state index in [1.54, 1.807) is 25.1 Å². The fraction of sp³-hybridized carbons (Fsp3) is 0.214. The van der Waals surface area contributed by atoms with Crippen molar-refractivity contribution in [3.8, 4) is 0 Å². The number of halogens is 1. The van der Waals surface area contributed by atoms with Gasteiger partial charge in [0.15, 0.2) is 0 Å². The van der Waals surface area contributed by atoms with Crippen molar-refractivity contribution >= 4 is 23.4 Å². The third-order valence-corrected chi connectivity index (χ3v) is 3.60. The minimum Gasteiger partial charge on any atom is -0.468 e. The van der Waals surface area contributed by atoms with E-state index in [0.717, 1.165) is 0 Å². The first kappa shape index (κ1) is 14.5. The van der Waals surface area contributed by atoms with Crippen LogP contribution in [0, 0.1) is 5.82 Å². The van der Waals surface area contributed by atoms with Gasteiger partial charge >= 0.3 is 5.97 Å². The molecule has 0 fully saturated rings. The Morgan fingerprint density at radius 3 is 2.95 bits per heavy atom. The van der Waals surface area contributed by atoms with Crippen molar-refractivity contribution in [2.24, 2.45) is 0 Å². The highest BCUT2D eigenvalue weighted by molar-refractivity contribution is 7.98. The predicted octanol–water partition coefficient (Wildman–Crippen LogP) is 3.47. The number of hydrogen-bond donors (Lipinski definition) is 1. The highest BCUT2D eigenvalue weighted by Crippen LogP contribution is 2.28. The van der Waals surface area contributed by atoms with Gasteiger partial charge < -0.3 is 14.9 Å². The Morgan fingerprint density at radius 1 is 1.45 bits per heavy atom. The zero-order valence-electron chi connectivity index (χ0n) is 10.9. The van der Waals surface area contributed by atoms with Gasteiger partial charge in [-0.15, -0.1) is 11.8 Å². The summed E-state index contributed by atoms with van der Waals surface area (Å²) in [5.41, 5.74) is 6.23. The molecule has 0 amide bonds. The summed E-state index contributed by atoms with van der Waals surface area (Å²) in [5.74, 6) is -0.0272. The van der Waals surface area contributed by atoms with Crippen LogP contribution in [0.15, 0.2) is 39.8 Å². The summed E-state index contributed by atoms with van der Waals surface area (Å²) in [6, 6.07) is 6.03. The topological polar surface area (TPSA) is 65.5 Å². The molecule has 0 saturated heterocycles. The summed E-state index contributed by atoms with van der Waals surface area (Å²) in [6.07, 6.45) is 1.42. The summed E-state index contributed by atoms with van der Waals surface area (Å²) in [7, 11) is 0. The Bertz CT molecular complexity index is 612. The Kier molecular flexibility index (Phi) is 4.68. The number of carbonyl (C=O) groups excluding carboxylic acids is 1. The summed E-state index contributed by atoms with van der Waals surface area (Å²) >= 11 is 1.23. The van der Waals surface area contributed by atoms with Gasteiger partial charge in [-0.2, -0.15) is 0 Å². The second-order valence-electron chi connectivity index (χ2n) is 3.96. The fourth-order valence-corrected chi connectivity index (χ4v) is 2.49. The molecule has 20 heavy (non-hydrogen) atoms. The Morgan fingerprint density at radius 2 is 2.25 bits per heavy atom. The molecule has 1 heterocycles. The molecule has 6 heteroatoms. The summed E-state index contributed by atoms with van der Waals surface area (Å²) in [4.78, 5) is 12.1. The summed E-state index contributed by atoms with van der Waals surface area (Å²) < 4.78 is 23.8. The van der Waals surface area contributed by atoms with Crippen LogP contribution in [0.4, 0.5) is 10.1 Å². The van der Waals surface area contributed by atoms with Crippen LogP contribution >= 0.6 is 11.8 Å². The Balaban J connectivity index is 2.08. The minimum absolute atomic E-state index is 0.295. The van der Waals surface area contributed by atoms with Crippen LogP contribution < -0.4 is 5.73 Å². The van der Waals surface area contributed by atoms with Gasteiger partial charge in [-0.25, -0.2) is 9.18 Å². The van der Waals surface area contributed by atoms with Crippen molar-refractivity contribution in [1.29, 1.82) is 0 Å². The van der Waals surface area contributed by atoms with Gasteiger partial charge in [0.1, 0.15) is 17.1 Å². The number of ether oxygens (including phenoxy) is 1. The zero-order valence-corrected chi connectivity index (χ0v) is 11.7. The number of furan rings is 1. The van der Waals surface area contributed by atoms with Gasteiger partial charge in [0.05, 0.1) is 18.6 Å². The number of nitrogens with two attached hydrogens (primary N) is 1. The monoisotopic (exact) mass is 295 g/mol. The molecule has 0 atom stereocenters. The van der Waals surface area contributed by atoms with E-state index in [2.05, 4.69) is 0 Å². The van der Waals surface area contributed by atoms with Gasteiger partial charge in [-0.1, -0.05) is 0 Å². The lowest BCUT2D eigenvalue weighted by molar-refractivity contribution is 0.0524. The van der Waals surface area contributed by atoms with Crippen molar-refractivity contribution in [2.75, 3.05) is 12.3 Å². The van der Waals surface area contributed by atoms with E-state index >= 15 is 0 Å². The number of nitrogen functional groups attached to an aromatic ring is 1. The van der Waals surface area contributed by atoms with E-state index in [0.29, 0.717) is 34.3 Å². The molecule has 0 aliphatic heterocycles. The van der Waals surface area contributed by atoms with Crippen molar-refractivity contribution in [2.45, 2.75) is 17.6 Å². The predicted molar refractivity (Wildman–Crippen MR) is 75.0 cm³/mol. The smallest absolute Gasteiger partial charge is 0.341 e. The molecule has 2 aromatic rings. The molecule has 0 saturated carbocycles. The molecule has 0 unspecified atom stereocenters. The van der Waals surface area contributed by atoms with E-state index in [9.17, 15) is 9.18 Å². The second-order valence-corrected chi connectivity index (χ2v) is 4.97. The van der Waals surface area contributed by atoms with Crippen LogP contribution in [0.1, 0.15) is 23.0 Å². The van der Waals surface area contributed by atoms with Gasteiger partial charge in [0.25, 0.3) is 0 Å². The molecule has 2 N–H and O–H groups in total. The van der Waals surface area contributed by atoms with E-state index < -0.39 is 5.97 Å². The van der Waals surface area contributed by atoms with Gasteiger partial charge in [0.2, 0.25) is 0 Å².